The van der Waals surface area contributed by atoms with Gasteiger partial charge in [0.1, 0.15) is 4.88 Å². The summed E-state index contributed by atoms with van der Waals surface area (Å²) >= 11 is 1.03. The summed E-state index contributed by atoms with van der Waals surface area (Å²) in [5.74, 6) is -1.38. The SMILES string of the molecule is COC(=O)c1sc(NC(=O)CNC(=O)CN)nc1C(C)(C)C.Cl. The van der Waals surface area contributed by atoms with E-state index < -0.39 is 17.8 Å². The smallest absolute Gasteiger partial charge is 0.350 e. The zero-order valence-electron chi connectivity index (χ0n) is 13.4. The normalized spacial score (nSPS) is 10.5. The standard InChI is InChI=1S/C13H20N4O4S.ClH/c1-13(2,3)10-9(11(20)21-4)22-12(17-10)16-8(19)6-15-7(18)5-14;/h5-6,14H2,1-4H3,(H,15,18)(H,16,17,19);1H. The number of halogens is 1. The molecule has 1 rings (SSSR count). The van der Waals surface area contributed by atoms with E-state index in [0.29, 0.717) is 10.6 Å². The van der Waals surface area contributed by atoms with Gasteiger partial charge in [0, 0.05) is 5.41 Å². The Morgan fingerprint density at radius 1 is 1.26 bits per heavy atom. The molecule has 4 N–H and O–H groups in total. The number of rotatable bonds is 5. The van der Waals surface area contributed by atoms with Crippen molar-refractivity contribution < 1.29 is 19.1 Å². The van der Waals surface area contributed by atoms with Gasteiger partial charge in [-0.1, -0.05) is 32.1 Å². The van der Waals surface area contributed by atoms with Gasteiger partial charge in [-0.15, -0.1) is 12.4 Å². The van der Waals surface area contributed by atoms with Crippen molar-refractivity contribution in [2.24, 2.45) is 5.73 Å². The second-order valence-electron chi connectivity index (χ2n) is 5.47. The molecule has 0 aliphatic heterocycles. The summed E-state index contributed by atoms with van der Waals surface area (Å²) in [7, 11) is 1.29. The van der Waals surface area contributed by atoms with Crippen LogP contribution in [0.1, 0.15) is 36.1 Å². The lowest BCUT2D eigenvalue weighted by atomic mass is 9.91. The van der Waals surface area contributed by atoms with Crippen LogP contribution in [-0.2, 0) is 19.7 Å². The molecule has 0 atom stereocenters. The average Bonchev–Trinajstić information content (AvgIpc) is 2.87. The van der Waals surface area contributed by atoms with Crippen molar-refractivity contribution >= 4 is 46.7 Å². The van der Waals surface area contributed by atoms with Crippen molar-refractivity contribution in [2.75, 3.05) is 25.5 Å². The van der Waals surface area contributed by atoms with Gasteiger partial charge in [0.25, 0.3) is 0 Å². The number of methoxy groups -OCH3 is 1. The predicted octanol–water partition coefficient (Wildman–Crippen LogP) is 0.662. The van der Waals surface area contributed by atoms with Crippen molar-refractivity contribution in [3.8, 4) is 0 Å². The van der Waals surface area contributed by atoms with Crippen molar-refractivity contribution in [1.29, 1.82) is 0 Å². The molecule has 1 heterocycles. The molecule has 0 saturated carbocycles. The summed E-state index contributed by atoms with van der Waals surface area (Å²) in [5, 5.41) is 5.16. The molecule has 0 fully saturated rings. The van der Waals surface area contributed by atoms with Gasteiger partial charge >= 0.3 is 5.97 Å². The highest BCUT2D eigenvalue weighted by Gasteiger charge is 2.28. The molecule has 0 bridgehead atoms. The number of nitrogens with one attached hydrogen (secondary N) is 2. The number of aromatic nitrogens is 1. The van der Waals surface area contributed by atoms with Crippen LogP contribution in [0.15, 0.2) is 0 Å². The lowest BCUT2D eigenvalue weighted by Gasteiger charge is -2.16. The number of hydrogen-bond acceptors (Lipinski definition) is 7. The number of carbonyl (C=O) groups excluding carboxylic acids is 3. The molecule has 0 aromatic carbocycles. The zero-order valence-corrected chi connectivity index (χ0v) is 15.0. The Balaban J connectivity index is 0.00000484. The lowest BCUT2D eigenvalue weighted by Crippen LogP contribution is -2.36. The van der Waals surface area contributed by atoms with Crippen molar-refractivity contribution in [3.05, 3.63) is 10.6 Å². The predicted molar refractivity (Wildman–Crippen MR) is 90.1 cm³/mol. The minimum atomic E-state index is -0.501. The van der Waals surface area contributed by atoms with Crippen LogP contribution in [0.2, 0.25) is 0 Å². The number of esters is 1. The van der Waals surface area contributed by atoms with E-state index in [9.17, 15) is 14.4 Å². The summed E-state index contributed by atoms with van der Waals surface area (Å²) in [6, 6.07) is 0. The third-order valence-corrected chi connectivity index (χ3v) is 3.54. The van der Waals surface area contributed by atoms with Crippen LogP contribution in [0.3, 0.4) is 0 Å². The van der Waals surface area contributed by atoms with Crippen LogP contribution in [0.25, 0.3) is 0 Å². The quantitative estimate of drug-likeness (QED) is 0.659. The number of nitrogens with zero attached hydrogens (tertiary/aromatic N) is 1. The highest BCUT2D eigenvalue weighted by Crippen LogP contribution is 2.32. The Hall–Kier alpha value is -1.71. The fraction of sp³-hybridized carbons (Fsp3) is 0.538. The third-order valence-electron chi connectivity index (χ3n) is 2.59. The summed E-state index contributed by atoms with van der Waals surface area (Å²) < 4.78 is 4.73. The van der Waals surface area contributed by atoms with Crippen molar-refractivity contribution in [1.82, 2.24) is 10.3 Å². The van der Waals surface area contributed by atoms with E-state index in [0.717, 1.165) is 11.3 Å². The van der Waals surface area contributed by atoms with Crippen molar-refractivity contribution in [3.63, 3.8) is 0 Å². The molecule has 0 aliphatic carbocycles. The molecule has 1 aromatic heterocycles. The fourth-order valence-electron chi connectivity index (χ4n) is 1.53. The Morgan fingerprint density at radius 2 is 1.87 bits per heavy atom. The minimum Gasteiger partial charge on any atom is -0.465 e. The molecular formula is C13H21ClN4O4S. The number of anilines is 1. The first kappa shape index (κ1) is 21.3. The number of amides is 2. The maximum atomic E-state index is 11.8. The maximum absolute atomic E-state index is 11.8. The van der Waals surface area contributed by atoms with Gasteiger partial charge in [-0.25, -0.2) is 9.78 Å². The van der Waals surface area contributed by atoms with Crippen molar-refractivity contribution in [2.45, 2.75) is 26.2 Å². The molecule has 0 unspecified atom stereocenters. The molecule has 2 amide bonds. The Kier molecular flexibility index (Phi) is 8.15. The van der Waals surface area contributed by atoms with Gasteiger partial charge in [-0.3, -0.25) is 9.59 Å². The first-order valence-electron chi connectivity index (χ1n) is 6.55. The number of hydrogen-bond donors (Lipinski definition) is 3. The van der Waals surface area contributed by atoms with Gasteiger partial charge < -0.3 is 21.1 Å². The Labute approximate surface area is 144 Å². The number of ether oxygens (including phenoxy) is 1. The van der Waals surface area contributed by atoms with Crippen LogP contribution >= 0.6 is 23.7 Å². The molecule has 0 spiro atoms. The Morgan fingerprint density at radius 3 is 2.35 bits per heavy atom. The van der Waals surface area contributed by atoms with E-state index >= 15 is 0 Å². The summed E-state index contributed by atoms with van der Waals surface area (Å²) in [6.45, 7) is 5.31. The fourth-order valence-corrected chi connectivity index (χ4v) is 2.64. The largest absolute Gasteiger partial charge is 0.465 e. The molecular weight excluding hydrogens is 344 g/mol. The van der Waals surface area contributed by atoms with Crippen LogP contribution in [0.4, 0.5) is 5.13 Å². The van der Waals surface area contributed by atoms with Crippen LogP contribution in [0, 0.1) is 0 Å². The molecule has 0 saturated heterocycles. The second kappa shape index (κ2) is 8.80. The first-order chi connectivity index (χ1) is 10.2. The van der Waals surface area contributed by atoms with Crippen LogP contribution < -0.4 is 16.4 Å². The summed E-state index contributed by atoms with van der Waals surface area (Å²) in [6.07, 6.45) is 0. The van der Waals surface area contributed by atoms with Gasteiger partial charge in [0.05, 0.1) is 25.9 Å². The number of thiazole rings is 1. The molecule has 130 valence electrons. The number of carbonyl (C=O) groups is 3. The zero-order chi connectivity index (χ0) is 16.9. The highest BCUT2D eigenvalue weighted by molar-refractivity contribution is 7.17. The molecule has 1 aromatic rings. The van der Waals surface area contributed by atoms with Gasteiger partial charge in [-0.2, -0.15) is 0 Å². The Bertz CT molecular complexity index is 583. The highest BCUT2D eigenvalue weighted by atomic mass is 35.5. The first-order valence-corrected chi connectivity index (χ1v) is 7.37. The summed E-state index contributed by atoms with van der Waals surface area (Å²) in [5.41, 5.74) is 5.29. The monoisotopic (exact) mass is 364 g/mol. The van der Waals surface area contributed by atoms with E-state index in [2.05, 4.69) is 15.6 Å². The van der Waals surface area contributed by atoms with Gasteiger partial charge in [-0.05, 0) is 0 Å². The van der Waals surface area contributed by atoms with E-state index in [-0.39, 0.29) is 36.0 Å². The van der Waals surface area contributed by atoms with E-state index in [1.54, 1.807) is 0 Å². The topological polar surface area (TPSA) is 123 Å². The van der Waals surface area contributed by atoms with E-state index in [1.807, 2.05) is 20.8 Å². The molecule has 0 radical (unpaired) electrons. The van der Waals surface area contributed by atoms with Gasteiger partial charge in [0.2, 0.25) is 11.8 Å². The second-order valence-corrected chi connectivity index (χ2v) is 6.47. The van der Waals surface area contributed by atoms with E-state index in [4.69, 9.17) is 10.5 Å². The molecule has 0 aliphatic rings. The number of nitrogens with two attached hydrogens (primary N) is 1. The lowest BCUT2D eigenvalue weighted by molar-refractivity contribution is -0.123. The van der Waals surface area contributed by atoms with Gasteiger partial charge in [0.15, 0.2) is 5.13 Å². The van der Waals surface area contributed by atoms with Crippen LogP contribution in [0.5, 0.6) is 0 Å². The maximum Gasteiger partial charge on any atom is 0.350 e. The molecule has 8 nitrogen and oxygen atoms in total. The van der Waals surface area contributed by atoms with Crippen LogP contribution in [-0.4, -0.2) is 43.0 Å². The summed E-state index contributed by atoms with van der Waals surface area (Å²) in [4.78, 5) is 39.2. The van der Waals surface area contributed by atoms with E-state index in [1.165, 1.54) is 7.11 Å². The molecule has 10 heteroatoms. The average molecular weight is 365 g/mol. The molecule has 23 heavy (non-hydrogen) atoms. The third kappa shape index (κ3) is 6.12. The minimum absolute atomic E-state index is 0.